The van der Waals surface area contributed by atoms with Gasteiger partial charge in [0.1, 0.15) is 5.58 Å². The van der Waals surface area contributed by atoms with Gasteiger partial charge in [0.15, 0.2) is 11.5 Å². The van der Waals surface area contributed by atoms with Crippen molar-refractivity contribution in [3.63, 3.8) is 0 Å². The van der Waals surface area contributed by atoms with Crippen LogP contribution in [-0.4, -0.2) is 18.9 Å². The summed E-state index contributed by atoms with van der Waals surface area (Å²) in [6.07, 6.45) is 8.74. The molecule has 3 aromatic rings. The first-order valence-electron chi connectivity index (χ1n) is 14.8. The molecule has 0 saturated heterocycles. The van der Waals surface area contributed by atoms with Crippen LogP contribution in [0.3, 0.4) is 0 Å². The van der Waals surface area contributed by atoms with Gasteiger partial charge in [-0.1, -0.05) is 50.6 Å². The van der Waals surface area contributed by atoms with Gasteiger partial charge in [0.05, 0.1) is 12.5 Å². The molecule has 7 rings (SSSR count). The highest BCUT2D eigenvalue weighted by Gasteiger charge is 2.68. The Morgan fingerprint density at radius 3 is 2.41 bits per heavy atom. The van der Waals surface area contributed by atoms with Crippen molar-refractivity contribution < 1.29 is 18.7 Å². The molecule has 0 amide bonds. The van der Waals surface area contributed by atoms with Crippen LogP contribution in [0.5, 0.6) is 0 Å². The first kappa shape index (κ1) is 25.1. The number of carbonyl (C=O) groups excluding carboxylic acids is 2. The second-order valence-corrected chi connectivity index (χ2v) is 14.0. The summed E-state index contributed by atoms with van der Waals surface area (Å²) < 4.78 is 11.8. The third-order valence-corrected chi connectivity index (χ3v) is 12.0. The number of ether oxygens (including phenoxy) is 1. The molecule has 2 unspecified atom stereocenters. The molecule has 4 nitrogen and oxygen atoms in total. The Balaban J connectivity index is 1.47. The molecule has 0 aliphatic heterocycles. The lowest BCUT2D eigenvalue weighted by Crippen LogP contribution is -2.60. The zero-order chi connectivity index (χ0) is 27.4. The van der Waals surface area contributed by atoms with E-state index in [0.717, 1.165) is 67.0 Å². The molecule has 0 radical (unpaired) electrons. The minimum absolute atomic E-state index is 0.0299. The minimum Gasteiger partial charge on any atom is -0.469 e. The molecule has 1 spiro atoms. The molecule has 204 valence electrons. The predicted octanol–water partition coefficient (Wildman–Crippen LogP) is 8.39. The summed E-state index contributed by atoms with van der Waals surface area (Å²) >= 11 is 0. The van der Waals surface area contributed by atoms with Crippen LogP contribution in [0.4, 0.5) is 0 Å². The number of hydrogen-bond donors (Lipinski definition) is 0. The molecule has 39 heavy (non-hydrogen) atoms. The molecule has 4 aliphatic rings. The molecule has 6 atom stereocenters. The maximum absolute atomic E-state index is 13.2. The molecule has 4 heteroatoms. The number of esters is 1. The monoisotopic (exact) mass is 524 g/mol. The van der Waals surface area contributed by atoms with E-state index in [9.17, 15) is 9.59 Å². The molecule has 4 aliphatic carbocycles. The van der Waals surface area contributed by atoms with Crippen LogP contribution in [-0.2, 0) is 20.4 Å². The number of Topliss-reactive ketones (excluding diaryl/α,β-unsaturated/α-hetero) is 1. The quantitative estimate of drug-likeness (QED) is 0.255. The molecular weight excluding hydrogens is 484 g/mol. The Bertz CT molecular complexity index is 1520. The summed E-state index contributed by atoms with van der Waals surface area (Å²) in [4.78, 5) is 25.8. The topological polar surface area (TPSA) is 56.5 Å². The lowest BCUT2D eigenvalue weighted by Gasteiger charge is -2.64. The molecule has 3 fully saturated rings. The van der Waals surface area contributed by atoms with Crippen LogP contribution in [0.25, 0.3) is 22.1 Å². The van der Waals surface area contributed by atoms with E-state index in [4.69, 9.17) is 9.15 Å². The third kappa shape index (κ3) is 3.12. The molecule has 2 bridgehead atoms. The highest BCUT2D eigenvalue weighted by atomic mass is 16.5. The highest BCUT2D eigenvalue weighted by molar-refractivity contribution is 6.03. The van der Waals surface area contributed by atoms with Gasteiger partial charge in [-0.2, -0.15) is 0 Å². The smallest absolute Gasteiger partial charge is 0.311 e. The molecule has 3 saturated carbocycles. The zero-order valence-corrected chi connectivity index (χ0v) is 24.0. The maximum atomic E-state index is 13.2. The Morgan fingerprint density at radius 2 is 1.69 bits per heavy atom. The Labute approximate surface area is 231 Å². The summed E-state index contributed by atoms with van der Waals surface area (Å²) in [5.74, 6) is 1.20. The standard InChI is InChI=1S/C35H40O4/c1-21(36)26-19-24-29-25(18-23(30(24)39-26)22-10-7-6-8-11-22)32(2)16-12-28-33(3)14-9-15-34(4,31(37)38-5)27(33)13-17-35(28,29)20-32/h6-8,10-11,18-19,27-28H,9,12-17,20H2,1-5H3/t27?,28?,32-,33+,34+,35-/m0/s1. The summed E-state index contributed by atoms with van der Waals surface area (Å²) in [5, 5.41) is 1.14. The second-order valence-electron chi connectivity index (χ2n) is 14.0. The number of ketones is 1. The number of rotatable bonds is 3. The van der Waals surface area contributed by atoms with E-state index >= 15 is 0 Å². The fourth-order valence-electron chi connectivity index (χ4n) is 10.6. The Morgan fingerprint density at radius 1 is 0.949 bits per heavy atom. The lowest BCUT2D eigenvalue weighted by molar-refractivity contribution is -0.178. The molecule has 0 N–H and O–H groups in total. The van der Waals surface area contributed by atoms with E-state index in [0.29, 0.717) is 17.6 Å². The van der Waals surface area contributed by atoms with Crippen molar-refractivity contribution in [2.75, 3.05) is 7.11 Å². The van der Waals surface area contributed by atoms with Crippen molar-refractivity contribution >= 4 is 22.7 Å². The van der Waals surface area contributed by atoms with Gasteiger partial charge in [0.2, 0.25) is 0 Å². The first-order chi connectivity index (χ1) is 18.6. The first-order valence-corrected chi connectivity index (χ1v) is 14.8. The van der Waals surface area contributed by atoms with Crippen LogP contribution in [0, 0.1) is 22.7 Å². The van der Waals surface area contributed by atoms with Crippen molar-refractivity contribution in [2.45, 2.75) is 89.9 Å². The minimum atomic E-state index is -0.421. The Kier molecular flexibility index (Phi) is 5.20. The van der Waals surface area contributed by atoms with Crippen LogP contribution >= 0.6 is 0 Å². The van der Waals surface area contributed by atoms with E-state index in [2.05, 4.69) is 51.1 Å². The predicted molar refractivity (Wildman–Crippen MR) is 153 cm³/mol. The Hall–Kier alpha value is -2.88. The number of furan rings is 1. The van der Waals surface area contributed by atoms with Crippen molar-refractivity contribution in [1.82, 2.24) is 0 Å². The fourth-order valence-corrected chi connectivity index (χ4v) is 10.6. The van der Waals surface area contributed by atoms with Crippen LogP contribution in [0.2, 0.25) is 0 Å². The highest BCUT2D eigenvalue weighted by Crippen LogP contribution is 2.74. The van der Waals surface area contributed by atoms with Gasteiger partial charge < -0.3 is 9.15 Å². The molecule has 1 aromatic heterocycles. The van der Waals surface area contributed by atoms with Crippen LogP contribution < -0.4 is 0 Å². The fraction of sp³-hybridized carbons (Fsp3) is 0.543. The summed E-state index contributed by atoms with van der Waals surface area (Å²) in [6, 6.07) is 14.9. The van der Waals surface area contributed by atoms with E-state index in [1.165, 1.54) is 17.5 Å². The van der Waals surface area contributed by atoms with E-state index < -0.39 is 5.41 Å². The van der Waals surface area contributed by atoms with Crippen LogP contribution in [0.1, 0.15) is 101 Å². The summed E-state index contributed by atoms with van der Waals surface area (Å²) in [7, 11) is 1.55. The number of benzene rings is 2. The van der Waals surface area contributed by atoms with E-state index in [-0.39, 0.29) is 28.0 Å². The number of fused-ring (bicyclic) bond motifs is 7. The van der Waals surface area contributed by atoms with Gasteiger partial charge in [-0.15, -0.1) is 0 Å². The van der Waals surface area contributed by atoms with E-state index in [1.54, 1.807) is 14.0 Å². The number of carbonyl (C=O) groups is 2. The lowest BCUT2D eigenvalue weighted by atomic mass is 9.40. The van der Waals surface area contributed by atoms with E-state index in [1.807, 2.05) is 12.1 Å². The van der Waals surface area contributed by atoms with Crippen molar-refractivity contribution in [3.05, 3.63) is 59.4 Å². The summed E-state index contributed by atoms with van der Waals surface area (Å²) in [5.41, 5.74) is 5.76. The number of hydrogen-bond acceptors (Lipinski definition) is 4. The largest absolute Gasteiger partial charge is 0.469 e. The van der Waals surface area contributed by atoms with Crippen LogP contribution in [0.15, 0.2) is 46.9 Å². The van der Waals surface area contributed by atoms with Crippen molar-refractivity contribution in [1.29, 1.82) is 0 Å². The second kappa shape index (κ2) is 8.08. The van der Waals surface area contributed by atoms with Crippen molar-refractivity contribution in [2.24, 2.45) is 22.7 Å². The van der Waals surface area contributed by atoms with Gasteiger partial charge in [-0.05, 0) is 103 Å². The average Bonchev–Trinajstić information content (AvgIpc) is 3.43. The number of methoxy groups -OCH3 is 1. The summed E-state index contributed by atoms with van der Waals surface area (Å²) in [6.45, 7) is 8.74. The third-order valence-electron chi connectivity index (χ3n) is 12.0. The SMILES string of the molecule is COC(=O)[C@]1(C)CCC[C@@]2(C)C3CC[C@@]4(C)C[C@]3(CCC21)c1c4cc(-c2ccccc2)c2oc(C(C)=O)cc12. The molecule has 2 aromatic carbocycles. The van der Waals surface area contributed by atoms with Gasteiger partial charge in [0.25, 0.3) is 0 Å². The van der Waals surface area contributed by atoms with Gasteiger partial charge in [-0.3, -0.25) is 9.59 Å². The normalized spacial score (nSPS) is 36.6. The molecule has 1 heterocycles. The van der Waals surface area contributed by atoms with Gasteiger partial charge in [0, 0.05) is 23.3 Å². The average molecular weight is 525 g/mol. The zero-order valence-electron chi connectivity index (χ0n) is 24.0. The van der Waals surface area contributed by atoms with Crippen molar-refractivity contribution in [3.8, 4) is 11.1 Å². The molecular formula is C35H40O4. The maximum Gasteiger partial charge on any atom is 0.311 e. The van der Waals surface area contributed by atoms with Gasteiger partial charge in [-0.25, -0.2) is 0 Å². The van der Waals surface area contributed by atoms with Gasteiger partial charge >= 0.3 is 5.97 Å².